The van der Waals surface area contributed by atoms with Gasteiger partial charge in [0.2, 0.25) is 0 Å². The van der Waals surface area contributed by atoms with Gasteiger partial charge < -0.3 is 20.8 Å². The van der Waals surface area contributed by atoms with Crippen LogP contribution in [0.3, 0.4) is 0 Å². The van der Waals surface area contributed by atoms with Crippen LogP contribution in [-0.4, -0.2) is 56.9 Å². The van der Waals surface area contributed by atoms with E-state index in [1.165, 1.54) is 0 Å². The van der Waals surface area contributed by atoms with E-state index in [9.17, 15) is 49.6 Å². The summed E-state index contributed by atoms with van der Waals surface area (Å²) in [5.74, 6) is -5.32. The van der Waals surface area contributed by atoms with Crippen molar-refractivity contribution in [2.45, 2.75) is 0 Å². The van der Waals surface area contributed by atoms with Crippen LogP contribution in [0.15, 0.2) is 36.4 Å². The molecule has 166 valence electrons. The Kier molecular flexibility index (Phi) is 7.13. The third-order valence-corrected chi connectivity index (χ3v) is 4.09. The van der Waals surface area contributed by atoms with Crippen LogP contribution in [0, 0.1) is 20.2 Å². The minimum absolute atomic E-state index is 0.348. The molecule has 0 aliphatic carbocycles. The fourth-order valence-corrected chi connectivity index (χ4v) is 2.75. The fraction of sp³-hybridized carbons (Fsp3) is 0.111. The number of nitrogens with one attached hydrogen (secondary N) is 2. The zero-order chi connectivity index (χ0) is 24.0. The molecule has 2 amide bonds. The molecule has 0 saturated carbocycles. The van der Waals surface area contributed by atoms with Gasteiger partial charge in [0, 0.05) is 25.2 Å². The lowest BCUT2D eigenvalue weighted by Crippen LogP contribution is -2.36. The third-order valence-electron chi connectivity index (χ3n) is 4.09. The van der Waals surface area contributed by atoms with E-state index in [1.807, 2.05) is 0 Å². The minimum Gasteiger partial charge on any atom is -0.478 e. The van der Waals surface area contributed by atoms with Crippen LogP contribution in [0.25, 0.3) is 0 Å². The molecule has 0 saturated heterocycles. The first kappa shape index (κ1) is 23.4. The van der Waals surface area contributed by atoms with E-state index in [0.29, 0.717) is 0 Å². The van der Waals surface area contributed by atoms with Crippen molar-refractivity contribution in [3.63, 3.8) is 0 Å². The summed E-state index contributed by atoms with van der Waals surface area (Å²) >= 11 is 0. The Morgan fingerprint density at radius 3 is 1.34 bits per heavy atom. The van der Waals surface area contributed by atoms with Crippen LogP contribution in [0.1, 0.15) is 41.4 Å². The summed E-state index contributed by atoms with van der Waals surface area (Å²) in [5, 5.41) is 45.0. The highest BCUT2D eigenvalue weighted by molar-refractivity contribution is 6.08. The number of rotatable bonds is 9. The zero-order valence-electron chi connectivity index (χ0n) is 15.9. The standard InChI is InChI=1S/C18H14N4O10/c23-15(13-9(17(25)26)3-1-5-11(13)21(29)30)19-7-8-20-16(24)14-10(18(27)28)4-2-6-12(14)22(31)32/h1-6H,7-8H2,(H,19,23)(H,20,24)(H,25,26)(H,27,28). The Labute approximate surface area is 177 Å². The van der Waals surface area contributed by atoms with Crippen LogP contribution >= 0.6 is 0 Å². The van der Waals surface area contributed by atoms with Crippen molar-refractivity contribution >= 4 is 35.1 Å². The maximum atomic E-state index is 12.3. The van der Waals surface area contributed by atoms with Gasteiger partial charge in [-0.25, -0.2) is 9.59 Å². The highest BCUT2D eigenvalue weighted by Crippen LogP contribution is 2.23. The molecule has 0 aliphatic heterocycles. The van der Waals surface area contributed by atoms with E-state index in [-0.39, 0.29) is 13.1 Å². The Morgan fingerprint density at radius 2 is 1.06 bits per heavy atom. The molecule has 0 fully saturated rings. The maximum Gasteiger partial charge on any atom is 0.336 e. The number of hydrogen-bond donors (Lipinski definition) is 4. The molecule has 32 heavy (non-hydrogen) atoms. The number of carbonyl (C=O) groups is 4. The lowest BCUT2D eigenvalue weighted by Gasteiger charge is -2.10. The average Bonchev–Trinajstić information content (AvgIpc) is 2.74. The van der Waals surface area contributed by atoms with Crippen molar-refractivity contribution < 1.29 is 39.2 Å². The van der Waals surface area contributed by atoms with Crippen molar-refractivity contribution in [3.8, 4) is 0 Å². The number of carboxylic acid groups (broad SMARTS) is 2. The monoisotopic (exact) mass is 446 g/mol. The van der Waals surface area contributed by atoms with Gasteiger partial charge in [0.15, 0.2) is 0 Å². The van der Waals surface area contributed by atoms with Gasteiger partial charge in [-0.3, -0.25) is 29.8 Å². The zero-order valence-corrected chi connectivity index (χ0v) is 15.9. The summed E-state index contributed by atoms with van der Waals surface area (Å²) in [7, 11) is 0. The lowest BCUT2D eigenvalue weighted by atomic mass is 10.0. The number of hydrogen-bond acceptors (Lipinski definition) is 8. The fourth-order valence-electron chi connectivity index (χ4n) is 2.75. The van der Waals surface area contributed by atoms with Crippen molar-refractivity contribution in [1.29, 1.82) is 0 Å². The molecule has 0 heterocycles. The maximum absolute atomic E-state index is 12.3. The second-order valence-corrected chi connectivity index (χ2v) is 6.04. The topological polar surface area (TPSA) is 219 Å². The molecule has 4 N–H and O–H groups in total. The van der Waals surface area contributed by atoms with Gasteiger partial charge in [-0.15, -0.1) is 0 Å². The second-order valence-electron chi connectivity index (χ2n) is 6.04. The van der Waals surface area contributed by atoms with Crippen LogP contribution in [0.5, 0.6) is 0 Å². The molecule has 0 spiro atoms. The van der Waals surface area contributed by atoms with E-state index in [2.05, 4.69) is 10.6 Å². The molecule has 0 radical (unpaired) electrons. The highest BCUT2D eigenvalue weighted by Gasteiger charge is 2.28. The lowest BCUT2D eigenvalue weighted by molar-refractivity contribution is -0.385. The van der Waals surface area contributed by atoms with Gasteiger partial charge in [-0.1, -0.05) is 12.1 Å². The van der Waals surface area contributed by atoms with Crippen molar-refractivity contribution in [1.82, 2.24) is 10.6 Å². The Balaban J connectivity index is 2.15. The molecule has 2 rings (SSSR count). The smallest absolute Gasteiger partial charge is 0.336 e. The average molecular weight is 446 g/mol. The Hall–Kier alpha value is -4.88. The molecule has 0 bridgehead atoms. The second kappa shape index (κ2) is 9.75. The predicted molar refractivity (Wildman–Crippen MR) is 105 cm³/mol. The van der Waals surface area contributed by atoms with Gasteiger partial charge in [0.05, 0.1) is 21.0 Å². The van der Waals surface area contributed by atoms with E-state index in [1.54, 1.807) is 0 Å². The number of amides is 2. The highest BCUT2D eigenvalue weighted by atomic mass is 16.6. The Morgan fingerprint density at radius 1 is 0.719 bits per heavy atom. The summed E-state index contributed by atoms with van der Waals surface area (Å²) in [4.78, 5) is 67.6. The predicted octanol–water partition coefficient (Wildman–Crippen LogP) is 1.06. The van der Waals surface area contributed by atoms with Gasteiger partial charge in [0.25, 0.3) is 23.2 Å². The SMILES string of the molecule is O=C(O)c1cccc([N+](=O)[O-])c1C(=O)NCCNC(=O)c1c(C(=O)O)cccc1[N+](=O)[O-]. The molecule has 0 aliphatic rings. The van der Waals surface area contributed by atoms with E-state index in [4.69, 9.17) is 0 Å². The summed E-state index contributed by atoms with van der Waals surface area (Å²) in [5.41, 5.74) is -4.07. The number of benzene rings is 2. The number of aromatic carboxylic acids is 2. The van der Waals surface area contributed by atoms with Crippen LogP contribution < -0.4 is 10.6 Å². The molecular weight excluding hydrogens is 432 g/mol. The van der Waals surface area contributed by atoms with Crippen molar-refractivity contribution in [2.75, 3.05) is 13.1 Å². The molecule has 14 nitrogen and oxygen atoms in total. The molecule has 14 heteroatoms. The van der Waals surface area contributed by atoms with E-state index >= 15 is 0 Å². The molecule has 0 unspecified atom stereocenters. The number of nitro groups is 2. The summed E-state index contributed by atoms with van der Waals surface area (Å²) in [6.07, 6.45) is 0. The van der Waals surface area contributed by atoms with Crippen molar-refractivity contribution in [2.24, 2.45) is 0 Å². The first-order valence-electron chi connectivity index (χ1n) is 8.64. The number of carboxylic acids is 2. The van der Waals surface area contributed by atoms with Gasteiger partial charge in [-0.05, 0) is 12.1 Å². The number of nitro benzene ring substituents is 2. The normalized spacial score (nSPS) is 10.1. The summed E-state index contributed by atoms with van der Waals surface area (Å²) in [6.45, 7) is -0.697. The number of carbonyl (C=O) groups excluding carboxylic acids is 2. The largest absolute Gasteiger partial charge is 0.478 e. The molecule has 2 aromatic carbocycles. The molecule has 0 aromatic heterocycles. The van der Waals surface area contributed by atoms with Gasteiger partial charge in [-0.2, -0.15) is 0 Å². The van der Waals surface area contributed by atoms with E-state index in [0.717, 1.165) is 36.4 Å². The van der Waals surface area contributed by atoms with E-state index < -0.39 is 67.2 Å². The first-order valence-corrected chi connectivity index (χ1v) is 8.64. The van der Waals surface area contributed by atoms with Gasteiger partial charge in [0.1, 0.15) is 11.1 Å². The number of nitrogens with zero attached hydrogens (tertiary/aromatic N) is 2. The third kappa shape index (κ3) is 4.99. The molecular formula is C18H14N4O10. The Bertz CT molecular complexity index is 991. The molecule has 0 atom stereocenters. The quantitative estimate of drug-likeness (QED) is 0.244. The van der Waals surface area contributed by atoms with Crippen LogP contribution in [0.4, 0.5) is 11.4 Å². The first-order chi connectivity index (χ1) is 15.1. The molecule has 2 aromatic rings. The summed E-state index contributed by atoms with van der Waals surface area (Å²) < 4.78 is 0. The van der Waals surface area contributed by atoms with Crippen molar-refractivity contribution in [3.05, 3.63) is 78.9 Å². The van der Waals surface area contributed by atoms with Crippen LogP contribution in [0.2, 0.25) is 0 Å². The van der Waals surface area contributed by atoms with Gasteiger partial charge >= 0.3 is 11.9 Å². The van der Waals surface area contributed by atoms with Crippen LogP contribution in [-0.2, 0) is 0 Å². The summed E-state index contributed by atoms with van der Waals surface area (Å²) in [6, 6.07) is 6.12. The minimum atomic E-state index is -1.57.